The predicted octanol–water partition coefficient (Wildman–Crippen LogP) is 3.18. The Bertz CT molecular complexity index is 523. The van der Waals surface area contributed by atoms with Gasteiger partial charge in [0.1, 0.15) is 11.4 Å². The van der Waals surface area contributed by atoms with Crippen molar-refractivity contribution in [1.82, 2.24) is 0 Å². The summed E-state index contributed by atoms with van der Waals surface area (Å²) < 4.78 is 33.6. The molecule has 0 spiro atoms. The number of hydrogen-bond acceptors (Lipinski definition) is 7. The Kier molecular flexibility index (Phi) is 6.48. The van der Waals surface area contributed by atoms with Crippen molar-refractivity contribution in [2.24, 2.45) is 11.8 Å². The lowest BCUT2D eigenvalue weighted by Gasteiger charge is -2.38. The third-order valence-corrected chi connectivity index (χ3v) is 6.05. The maximum absolute atomic E-state index is 12.7. The number of phosphoric ester groups is 1. The van der Waals surface area contributed by atoms with Crippen molar-refractivity contribution in [1.29, 1.82) is 0 Å². The van der Waals surface area contributed by atoms with Gasteiger partial charge in [0.2, 0.25) is 0 Å². The molecule has 2 aliphatic carbocycles. The first-order valence-corrected chi connectivity index (χ1v) is 10.0. The van der Waals surface area contributed by atoms with Gasteiger partial charge in [-0.2, -0.15) is 0 Å². The highest BCUT2D eigenvalue weighted by Gasteiger charge is 2.52. The van der Waals surface area contributed by atoms with Crippen molar-refractivity contribution in [2.75, 3.05) is 19.8 Å². The monoisotopic (exact) mass is 362 g/mol. The van der Waals surface area contributed by atoms with Crippen molar-refractivity contribution in [3.8, 4) is 0 Å². The van der Waals surface area contributed by atoms with Crippen LogP contribution in [0.3, 0.4) is 0 Å². The minimum absolute atomic E-state index is 0.111. The summed E-state index contributed by atoms with van der Waals surface area (Å²) in [5, 5.41) is 11.0. The first-order valence-electron chi connectivity index (χ1n) is 8.58. The van der Waals surface area contributed by atoms with Crippen LogP contribution in [0.15, 0.2) is 11.8 Å². The number of phosphoric acid groups is 1. The Morgan fingerprint density at radius 3 is 2.54 bits per heavy atom. The molecule has 1 N–H and O–H groups in total. The molecule has 138 valence electrons. The molecule has 0 aliphatic heterocycles. The van der Waals surface area contributed by atoms with Crippen molar-refractivity contribution in [2.45, 2.75) is 52.1 Å². The molecule has 1 fully saturated rings. The zero-order valence-electron chi connectivity index (χ0n) is 14.5. The molecular weight excluding hydrogens is 335 g/mol. The molecule has 7 nitrogen and oxygen atoms in total. The number of ether oxygens (including phenoxy) is 1. The van der Waals surface area contributed by atoms with E-state index in [9.17, 15) is 14.5 Å². The van der Waals surface area contributed by atoms with E-state index >= 15 is 0 Å². The standard InChI is InChI=1S/C16H27O7P/c1-4-20-15(17)12-10-13-8-7-9-16(13,18)14(11-12)23-24(19,21-5-2)22-6-3/h11-13,18H,4-10H2,1-3H3/t12?,13-,16-/m1/s1. The van der Waals surface area contributed by atoms with Crippen LogP contribution in [-0.4, -0.2) is 36.5 Å². The SMILES string of the molecule is CCOC(=O)C1C=C(OP(=O)(OCC)OCC)[C@@]2(O)CCC[C@@H]2C1. The molecule has 0 aromatic heterocycles. The van der Waals surface area contributed by atoms with Crippen LogP contribution in [0.4, 0.5) is 0 Å². The van der Waals surface area contributed by atoms with E-state index < -0.39 is 19.3 Å². The van der Waals surface area contributed by atoms with Gasteiger partial charge in [0.05, 0.1) is 25.7 Å². The normalized spacial score (nSPS) is 29.8. The maximum Gasteiger partial charge on any atom is 0.529 e. The number of carbonyl (C=O) groups is 1. The molecule has 0 radical (unpaired) electrons. The minimum Gasteiger partial charge on any atom is -0.466 e. The first kappa shape index (κ1) is 19.4. The van der Waals surface area contributed by atoms with Gasteiger partial charge in [-0.25, -0.2) is 4.57 Å². The summed E-state index contributed by atoms with van der Waals surface area (Å²) in [6.07, 6.45) is 4.10. The van der Waals surface area contributed by atoms with Crippen LogP contribution in [0.5, 0.6) is 0 Å². The average molecular weight is 362 g/mol. The van der Waals surface area contributed by atoms with Gasteiger partial charge in [-0.15, -0.1) is 0 Å². The van der Waals surface area contributed by atoms with E-state index in [-0.39, 0.29) is 37.5 Å². The number of aliphatic hydroxyl groups is 1. The van der Waals surface area contributed by atoms with Gasteiger partial charge in [0.15, 0.2) is 0 Å². The van der Waals surface area contributed by atoms with Gasteiger partial charge in [-0.1, -0.05) is 0 Å². The van der Waals surface area contributed by atoms with Gasteiger partial charge in [-0.05, 0) is 58.4 Å². The van der Waals surface area contributed by atoms with E-state index in [1.807, 2.05) is 0 Å². The van der Waals surface area contributed by atoms with E-state index in [1.54, 1.807) is 20.8 Å². The highest BCUT2D eigenvalue weighted by atomic mass is 31.2. The van der Waals surface area contributed by atoms with E-state index in [0.717, 1.165) is 12.8 Å². The second-order valence-corrected chi connectivity index (χ2v) is 7.61. The molecule has 24 heavy (non-hydrogen) atoms. The van der Waals surface area contributed by atoms with Crippen molar-refractivity contribution < 1.29 is 32.8 Å². The largest absolute Gasteiger partial charge is 0.529 e. The second-order valence-electron chi connectivity index (χ2n) is 6.01. The molecule has 1 unspecified atom stereocenters. The Hall–Kier alpha value is -0.880. The lowest BCUT2D eigenvalue weighted by Crippen LogP contribution is -2.42. The lowest BCUT2D eigenvalue weighted by atomic mass is 9.76. The van der Waals surface area contributed by atoms with E-state index in [4.69, 9.17) is 18.3 Å². The van der Waals surface area contributed by atoms with Crippen molar-refractivity contribution in [3.63, 3.8) is 0 Å². The smallest absolute Gasteiger partial charge is 0.466 e. The fourth-order valence-electron chi connectivity index (χ4n) is 3.45. The number of hydrogen-bond donors (Lipinski definition) is 1. The van der Waals surface area contributed by atoms with Gasteiger partial charge < -0.3 is 14.4 Å². The number of fused-ring (bicyclic) bond motifs is 1. The molecule has 2 aliphatic rings. The molecule has 1 saturated carbocycles. The van der Waals surface area contributed by atoms with Crippen LogP contribution in [0, 0.1) is 11.8 Å². The fourth-order valence-corrected chi connectivity index (χ4v) is 4.72. The van der Waals surface area contributed by atoms with Gasteiger partial charge >= 0.3 is 13.8 Å². The van der Waals surface area contributed by atoms with Crippen molar-refractivity contribution >= 4 is 13.8 Å². The Morgan fingerprint density at radius 1 is 1.29 bits per heavy atom. The summed E-state index contributed by atoms with van der Waals surface area (Å²) >= 11 is 0. The summed E-state index contributed by atoms with van der Waals surface area (Å²) in [4.78, 5) is 12.1. The summed E-state index contributed by atoms with van der Waals surface area (Å²) in [5.41, 5.74) is -1.23. The summed E-state index contributed by atoms with van der Waals surface area (Å²) in [6.45, 7) is 5.68. The molecule has 3 atom stereocenters. The molecule has 0 heterocycles. The summed E-state index contributed by atoms with van der Waals surface area (Å²) in [5.74, 6) is -0.918. The van der Waals surface area contributed by atoms with Crippen LogP contribution >= 0.6 is 7.82 Å². The second kappa shape index (κ2) is 8.00. The third kappa shape index (κ3) is 4.02. The van der Waals surface area contributed by atoms with Gasteiger partial charge in [-0.3, -0.25) is 13.8 Å². The van der Waals surface area contributed by atoms with Crippen LogP contribution in [-0.2, 0) is 27.7 Å². The lowest BCUT2D eigenvalue weighted by molar-refractivity contribution is -0.148. The van der Waals surface area contributed by atoms with Gasteiger partial charge in [0.25, 0.3) is 0 Å². The van der Waals surface area contributed by atoms with E-state index in [1.165, 1.54) is 6.08 Å². The molecular formula is C16H27O7P. The zero-order valence-corrected chi connectivity index (χ0v) is 15.4. The molecule has 2 rings (SSSR count). The highest BCUT2D eigenvalue weighted by molar-refractivity contribution is 7.48. The van der Waals surface area contributed by atoms with Crippen LogP contribution < -0.4 is 0 Å². The van der Waals surface area contributed by atoms with E-state index in [0.29, 0.717) is 12.8 Å². The van der Waals surface area contributed by atoms with Gasteiger partial charge in [0, 0.05) is 0 Å². The molecule has 8 heteroatoms. The molecule has 0 aromatic rings. The predicted molar refractivity (Wildman–Crippen MR) is 87.1 cm³/mol. The Balaban J connectivity index is 2.30. The summed E-state index contributed by atoms with van der Waals surface area (Å²) in [7, 11) is -3.83. The molecule has 0 aromatic carbocycles. The van der Waals surface area contributed by atoms with Crippen LogP contribution in [0.1, 0.15) is 46.5 Å². The Labute approximate surface area is 142 Å². The summed E-state index contributed by atoms with van der Waals surface area (Å²) in [6, 6.07) is 0. The number of rotatable bonds is 8. The third-order valence-electron chi connectivity index (χ3n) is 4.48. The zero-order chi connectivity index (χ0) is 17.8. The topological polar surface area (TPSA) is 91.3 Å². The maximum atomic E-state index is 12.7. The molecule has 0 bridgehead atoms. The first-order chi connectivity index (χ1) is 11.4. The molecule has 0 saturated heterocycles. The minimum atomic E-state index is -3.83. The van der Waals surface area contributed by atoms with Crippen LogP contribution in [0.25, 0.3) is 0 Å². The Morgan fingerprint density at radius 2 is 1.96 bits per heavy atom. The quantitative estimate of drug-likeness (QED) is 0.524. The highest BCUT2D eigenvalue weighted by Crippen LogP contribution is 2.57. The van der Waals surface area contributed by atoms with Crippen LogP contribution in [0.2, 0.25) is 0 Å². The number of carbonyl (C=O) groups excluding carboxylic acids is 1. The fraction of sp³-hybridized carbons (Fsp3) is 0.812. The van der Waals surface area contributed by atoms with E-state index in [2.05, 4.69) is 0 Å². The molecule has 0 amide bonds. The van der Waals surface area contributed by atoms with Crippen molar-refractivity contribution in [3.05, 3.63) is 11.8 Å². The number of esters is 1. The average Bonchev–Trinajstić information content (AvgIpc) is 2.90.